The van der Waals surface area contributed by atoms with E-state index in [1.807, 2.05) is 24.3 Å². The van der Waals surface area contributed by atoms with Crippen LogP contribution in [0.4, 0.5) is 4.79 Å². The maximum absolute atomic E-state index is 12.4. The second kappa shape index (κ2) is 6.92. The second-order valence-electron chi connectivity index (χ2n) is 6.56. The lowest BCUT2D eigenvalue weighted by Gasteiger charge is -2.21. The molecule has 1 atom stereocenters. The number of benzene rings is 1. The third-order valence-electron chi connectivity index (χ3n) is 4.62. The molecule has 1 saturated heterocycles. The highest BCUT2D eigenvalue weighted by molar-refractivity contribution is 5.79. The molecule has 2 amide bonds. The smallest absolute Gasteiger partial charge is 0.317 e. The first kappa shape index (κ1) is 16.9. The zero-order valence-corrected chi connectivity index (χ0v) is 14.1. The summed E-state index contributed by atoms with van der Waals surface area (Å²) in [4.78, 5) is 29.1. The van der Waals surface area contributed by atoms with Crippen LogP contribution in [0.3, 0.4) is 0 Å². The fourth-order valence-corrected chi connectivity index (χ4v) is 2.96. The van der Waals surface area contributed by atoms with Crippen LogP contribution < -0.4 is 5.32 Å². The highest BCUT2D eigenvalue weighted by Gasteiger charge is 2.42. The number of urea groups is 1. The first-order chi connectivity index (χ1) is 12.0. The molecule has 1 aliphatic rings. The first-order valence-corrected chi connectivity index (χ1v) is 8.13. The lowest BCUT2D eigenvalue weighted by atomic mass is 9.90. The molecule has 0 bridgehead atoms. The number of carbonyl (C=O) groups is 2. The number of hydrogen-bond acceptors (Lipinski definition) is 4. The molecule has 132 valence electrons. The number of aliphatic carboxylic acids is 1. The van der Waals surface area contributed by atoms with Gasteiger partial charge in [-0.05, 0) is 24.5 Å². The Labute approximate surface area is 145 Å². The van der Waals surface area contributed by atoms with E-state index in [0.29, 0.717) is 26.1 Å². The number of amides is 2. The molecule has 0 saturated carbocycles. The van der Waals surface area contributed by atoms with Crippen LogP contribution in [0.25, 0.3) is 0 Å². The number of carboxylic acid groups (broad SMARTS) is 1. The summed E-state index contributed by atoms with van der Waals surface area (Å²) < 4.78 is 1.72. The van der Waals surface area contributed by atoms with Gasteiger partial charge in [-0.1, -0.05) is 24.3 Å². The lowest BCUT2D eigenvalue weighted by Crippen LogP contribution is -2.40. The van der Waals surface area contributed by atoms with Gasteiger partial charge in [0, 0.05) is 19.6 Å². The number of carboxylic acids is 1. The quantitative estimate of drug-likeness (QED) is 0.853. The minimum absolute atomic E-state index is 0.231. The minimum Gasteiger partial charge on any atom is -0.481 e. The Bertz CT molecular complexity index is 761. The van der Waals surface area contributed by atoms with Crippen molar-refractivity contribution in [2.45, 2.75) is 26.4 Å². The topological polar surface area (TPSA) is 100 Å². The van der Waals surface area contributed by atoms with Crippen LogP contribution in [0.5, 0.6) is 0 Å². The Balaban J connectivity index is 1.60. The highest BCUT2D eigenvalue weighted by Crippen LogP contribution is 2.30. The molecule has 1 fully saturated rings. The van der Waals surface area contributed by atoms with Gasteiger partial charge in [-0.3, -0.25) is 4.79 Å². The summed E-state index contributed by atoms with van der Waals surface area (Å²) in [5.74, 6) is -0.860. The number of nitrogens with zero attached hydrogens (tertiary/aromatic N) is 4. The lowest BCUT2D eigenvalue weighted by molar-refractivity contribution is -0.147. The van der Waals surface area contributed by atoms with Crippen LogP contribution in [0.15, 0.2) is 36.9 Å². The molecule has 1 aromatic carbocycles. The van der Waals surface area contributed by atoms with Crippen molar-refractivity contribution in [2.24, 2.45) is 5.41 Å². The van der Waals surface area contributed by atoms with Gasteiger partial charge in [0.2, 0.25) is 0 Å². The molecule has 1 aliphatic heterocycles. The summed E-state index contributed by atoms with van der Waals surface area (Å²) in [6.07, 6.45) is 3.60. The van der Waals surface area contributed by atoms with Crippen LogP contribution in [0, 0.1) is 5.41 Å². The van der Waals surface area contributed by atoms with E-state index >= 15 is 0 Å². The molecule has 0 aliphatic carbocycles. The SMILES string of the molecule is CC1(C(=O)O)CCN(C(=O)NCc2ccccc2Cn2cncn2)C1. The second-order valence-corrected chi connectivity index (χ2v) is 6.56. The Hall–Kier alpha value is -2.90. The van der Waals surface area contributed by atoms with Crippen LogP contribution in [-0.2, 0) is 17.9 Å². The van der Waals surface area contributed by atoms with E-state index in [9.17, 15) is 14.7 Å². The van der Waals surface area contributed by atoms with E-state index < -0.39 is 11.4 Å². The normalized spacial score (nSPS) is 19.8. The van der Waals surface area contributed by atoms with Gasteiger partial charge in [-0.25, -0.2) is 14.5 Å². The number of carbonyl (C=O) groups excluding carboxylic acids is 1. The van der Waals surface area contributed by atoms with Crippen LogP contribution in [0.2, 0.25) is 0 Å². The van der Waals surface area contributed by atoms with E-state index in [2.05, 4.69) is 15.4 Å². The van der Waals surface area contributed by atoms with Crippen molar-refractivity contribution in [3.05, 3.63) is 48.0 Å². The third kappa shape index (κ3) is 3.78. The number of rotatable bonds is 5. The Morgan fingerprint density at radius 3 is 2.72 bits per heavy atom. The molecule has 8 heteroatoms. The van der Waals surface area contributed by atoms with Crippen molar-refractivity contribution in [3.8, 4) is 0 Å². The molecular formula is C17H21N5O3. The molecule has 8 nitrogen and oxygen atoms in total. The Morgan fingerprint density at radius 2 is 2.08 bits per heavy atom. The largest absolute Gasteiger partial charge is 0.481 e. The van der Waals surface area contributed by atoms with Gasteiger partial charge in [0.1, 0.15) is 12.7 Å². The van der Waals surface area contributed by atoms with Crippen LogP contribution >= 0.6 is 0 Å². The van der Waals surface area contributed by atoms with Crippen molar-refractivity contribution >= 4 is 12.0 Å². The molecule has 0 radical (unpaired) electrons. The molecule has 3 rings (SSSR count). The average molecular weight is 343 g/mol. The summed E-state index contributed by atoms with van der Waals surface area (Å²) >= 11 is 0. The molecule has 25 heavy (non-hydrogen) atoms. The fraction of sp³-hybridized carbons (Fsp3) is 0.412. The molecule has 2 heterocycles. The van der Waals surface area contributed by atoms with Crippen molar-refractivity contribution in [2.75, 3.05) is 13.1 Å². The molecule has 0 spiro atoms. The number of hydrogen-bond donors (Lipinski definition) is 2. The van der Waals surface area contributed by atoms with E-state index in [1.165, 1.54) is 6.33 Å². The monoisotopic (exact) mass is 343 g/mol. The van der Waals surface area contributed by atoms with E-state index in [4.69, 9.17) is 0 Å². The summed E-state index contributed by atoms with van der Waals surface area (Å²) in [5.41, 5.74) is 1.18. The summed E-state index contributed by atoms with van der Waals surface area (Å²) in [6.45, 7) is 3.32. The van der Waals surface area contributed by atoms with Crippen molar-refractivity contribution < 1.29 is 14.7 Å². The predicted octanol–water partition coefficient (Wildman–Crippen LogP) is 1.33. The third-order valence-corrected chi connectivity index (χ3v) is 4.62. The summed E-state index contributed by atoms with van der Waals surface area (Å²) in [7, 11) is 0. The minimum atomic E-state index is -0.860. The van der Waals surface area contributed by atoms with E-state index in [-0.39, 0.29) is 12.6 Å². The number of nitrogens with one attached hydrogen (secondary N) is 1. The average Bonchev–Trinajstić information content (AvgIpc) is 3.24. The van der Waals surface area contributed by atoms with Gasteiger partial charge in [-0.15, -0.1) is 0 Å². The first-order valence-electron chi connectivity index (χ1n) is 8.13. The number of likely N-dealkylation sites (tertiary alicyclic amines) is 1. The zero-order chi connectivity index (χ0) is 17.9. The van der Waals surface area contributed by atoms with Gasteiger partial charge in [0.15, 0.2) is 0 Å². The van der Waals surface area contributed by atoms with Crippen LogP contribution in [-0.4, -0.2) is 49.9 Å². The maximum Gasteiger partial charge on any atom is 0.317 e. The van der Waals surface area contributed by atoms with Gasteiger partial charge in [0.05, 0.1) is 12.0 Å². The highest BCUT2D eigenvalue weighted by atomic mass is 16.4. The molecular weight excluding hydrogens is 322 g/mol. The molecule has 2 aromatic rings. The number of aromatic nitrogens is 3. The van der Waals surface area contributed by atoms with E-state index in [0.717, 1.165) is 11.1 Å². The van der Waals surface area contributed by atoms with Gasteiger partial charge >= 0.3 is 12.0 Å². The predicted molar refractivity (Wildman–Crippen MR) is 89.7 cm³/mol. The Morgan fingerprint density at radius 1 is 1.32 bits per heavy atom. The molecule has 1 aromatic heterocycles. The van der Waals surface area contributed by atoms with Crippen LogP contribution in [0.1, 0.15) is 24.5 Å². The van der Waals surface area contributed by atoms with Gasteiger partial charge < -0.3 is 15.3 Å². The standard InChI is InChI=1S/C17H21N5O3/c1-17(15(23)24)6-7-21(10-17)16(25)19-8-13-4-2-3-5-14(13)9-22-12-18-11-20-22/h2-5,11-12H,6-10H2,1H3,(H,19,25)(H,23,24). The molecule has 1 unspecified atom stereocenters. The summed E-state index contributed by atoms with van der Waals surface area (Å²) in [6, 6.07) is 7.57. The maximum atomic E-state index is 12.4. The summed E-state index contributed by atoms with van der Waals surface area (Å²) in [5, 5.41) is 16.3. The van der Waals surface area contributed by atoms with Crippen molar-refractivity contribution in [1.29, 1.82) is 0 Å². The fourth-order valence-electron chi connectivity index (χ4n) is 2.96. The van der Waals surface area contributed by atoms with E-state index in [1.54, 1.807) is 22.8 Å². The Kier molecular flexibility index (Phi) is 4.69. The van der Waals surface area contributed by atoms with Crippen molar-refractivity contribution in [3.63, 3.8) is 0 Å². The van der Waals surface area contributed by atoms with Gasteiger partial charge in [-0.2, -0.15) is 5.10 Å². The van der Waals surface area contributed by atoms with Crippen molar-refractivity contribution in [1.82, 2.24) is 25.0 Å². The zero-order valence-electron chi connectivity index (χ0n) is 14.1. The van der Waals surface area contributed by atoms with Gasteiger partial charge in [0.25, 0.3) is 0 Å². The molecule has 2 N–H and O–H groups in total.